The van der Waals surface area contributed by atoms with Gasteiger partial charge < -0.3 is 20.1 Å². The molecule has 39 heavy (non-hydrogen) atoms. The Morgan fingerprint density at radius 1 is 1.15 bits per heavy atom. The minimum absolute atomic E-state index is 0.122. The van der Waals surface area contributed by atoms with Crippen LogP contribution in [0.5, 0.6) is 5.75 Å². The van der Waals surface area contributed by atoms with E-state index in [0.29, 0.717) is 5.56 Å². The fourth-order valence-corrected chi connectivity index (χ4v) is 6.38. The fraction of sp³-hybridized carbons (Fsp3) is 0.296. The molecule has 1 aromatic heterocycles. The summed E-state index contributed by atoms with van der Waals surface area (Å²) in [6.07, 6.45) is 0.755. The van der Waals surface area contributed by atoms with Gasteiger partial charge in [0.15, 0.2) is 17.3 Å². The molecule has 3 atom stereocenters. The van der Waals surface area contributed by atoms with E-state index in [4.69, 9.17) is 15.2 Å². The quantitative estimate of drug-likeness (QED) is 0.493. The van der Waals surface area contributed by atoms with E-state index in [2.05, 4.69) is 0 Å². The zero-order valence-corrected chi connectivity index (χ0v) is 21.6. The van der Waals surface area contributed by atoms with Crippen LogP contribution in [0.3, 0.4) is 0 Å². The van der Waals surface area contributed by atoms with Crippen LogP contribution in [0.4, 0.5) is 8.78 Å². The molecule has 6 rings (SSSR count). The minimum Gasteiger partial charge on any atom is -0.419 e. The van der Waals surface area contributed by atoms with Gasteiger partial charge >= 0.3 is 5.97 Å². The highest BCUT2D eigenvalue weighted by Gasteiger charge is 2.46. The van der Waals surface area contributed by atoms with Crippen molar-refractivity contribution in [3.8, 4) is 5.75 Å². The van der Waals surface area contributed by atoms with E-state index in [9.17, 15) is 18.8 Å². The van der Waals surface area contributed by atoms with Crippen molar-refractivity contribution in [2.45, 2.75) is 35.8 Å². The van der Waals surface area contributed by atoms with Crippen LogP contribution in [-0.4, -0.2) is 53.4 Å². The lowest BCUT2D eigenvalue weighted by atomic mass is 9.93. The molecule has 0 saturated carbocycles. The molecular weight excluding hydrogens is 530 g/mol. The number of rotatable bonds is 3. The molecule has 1 saturated heterocycles. The Morgan fingerprint density at radius 3 is 2.74 bits per heavy atom. The molecule has 0 radical (unpaired) electrons. The number of nitrogens with zero attached hydrogens (tertiary/aromatic N) is 3. The molecule has 9 nitrogen and oxygen atoms in total. The second-order valence-electron chi connectivity index (χ2n) is 9.50. The summed E-state index contributed by atoms with van der Waals surface area (Å²) in [5, 5.41) is 1.80. The first kappa shape index (κ1) is 25.5. The number of hydrogen-bond acceptors (Lipinski definition) is 8. The number of hydrogen-bond donors (Lipinski definition) is 1. The average molecular weight is 555 g/mol. The summed E-state index contributed by atoms with van der Waals surface area (Å²) in [6.45, 7) is 2.00. The second kappa shape index (κ2) is 9.78. The lowest BCUT2D eigenvalue weighted by Gasteiger charge is -2.51. The summed E-state index contributed by atoms with van der Waals surface area (Å²) < 4.78 is 42.3. The van der Waals surface area contributed by atoms with Gasteiger partial charge in [-0.25, -0.2) is 13.6 Å². The van der Waals surface area contributed by atoms with Crippen LogP contribution in [0.1, 0.15) is 40.1 Å². The highest BCUT2D eigenvalue weighted by Crippen LogP contribution is 2.45. The van der Waals surface area contributed by atoms with E-state index < -0.39 is 52.9 Å². The number of thioether (sulfide) groups is 1. The van der Waals surface area contributed by atoms with E-state index in [1.54, 1.807) is 16.0 Å². The maximum absolute atomic E-state index is 15.2. The van der Waals surface area contributed by atoms with Crippen LogP contribution in [0.2, 0.25) is 0 Å². The standard InChI is InChI=1S/C27H24F2N4O5S/c1-14(30)27(36)38-25-19(34)8-9-32-24(25)26(35)31-10-11-37-12-21(31)33(32)23-15-6-7-18(28)22(29)17(15)13-39-20-5-3-2-4-16(20)23/h2-9,14,21,23H,10-13,30H2,1H3/t14-,21+,23-/m0/s1. The Kier molecular flexibility index (Phi) is 6.40. The van der Waals surface area contributed by atoms with Gasteiger partial charge in [-0.2, -0.15) is 0 Å². The first-order valence-electron chi connectivity index (χ1n) is 12.4. The zero-order valence-electron chi connectivity index (χ0n) is 20.8. The number of benzene rings is 2. The number of pyridine rings is 1. The predicted octanol–water partition coefficient (Wildman–Crippen LogP) is 2.52. The number of aromatic nitrogens is 1. The van der Waals surface area contributed by atoms with Gasteiger partial charge in [-0.15, -0.1) is 11.8 Å². The maximum atomic E-state index is 15.2. The number of esters is 1. The Balaban J connectivity index is 1.64. The van der Waals surface area contributed by atoms with Crippen LogP contribution in [0.15, 0.2) is 58.4 Å². The van der Waals surface area contributed by atoms with Crippen molar-refractivity contribution in [1.29, 1.82) is 0 Å². The summed E-state index contributed by atoms with van der Waals surface area (Å²) in [7, 11) is 0. The Bertz CT molecular complexity index is 1560. The Labute approximate surface area is 226 Å². The molecule has 3 aliphatic rings. The van der Waals surface area contributed by atoms with Crippen molar-refractivity contribution in [1.82, 2.24) is 9.58 Å². The molecule has 1 amide bonds. The largest absolute Gasteiger partial charge is 0.419 e. The number of amides is 1. The first-order valence-corrected chi connectivity index (χ1v) is 13.3. The third kappa shape index (κ3) is 4.10. The zero-order chi connectivity index (χ0) is 27.4. The highest BCUT2D eigenvalue weighted by atomic mass is 32.2. The molecule has 3 aromatic rings. The van der Waals surface area contributed by atoms with Crippen LogP contribution >= 0.6 is 11.8 Å². The second-order valence-corrected chi connectivity index (χ2v) is 10.5. The fourth-order valence-electron chi connectivity index (χ4n) is 5.26. The first-order chi connectivity index (χ1) is 18.8. The minimum atomic E-state index is -1.04. The van der Waals surface area contributed by atoms with Gasteiger partial charge in [0.25, 0.3) is 5.91 Å². The number of morpholine rings is 1. The molecule has 2 N–H and O–H groups in total. The summed E-state index contributed by atoms with van der Waals surface area (Å²) in [6, 6.07) is 9.58. The Morgan fingerprint density at radius 2 is 1.95 bits per heavy atom. The van der Waals surface area contributed by atoms with E-state index >= 15 is 4.39 Å². The van der Waals surface area contributed by atoms with Gasteiger partial charge in [-0.1, -0.05) is 24.3 Å². The molecule has 4 heterocycles. The van der Waals surface area contributed by atoms with Crippen molar-refractivity contribution in [3.05, 3.63) is 92.9 Å². The predicted molar refractivity (Wildman–Crippen MR) is 138 cm³/mol. The third-order valence-electron chi connectivity index (χ3n) is 7.11. The van der Waals surface area contributed by atoms with Gasteiger partial charge in [-0.05, 0) is 30.2 Å². The lowest BCUT2D eigenvalue weighted by molar-refractivity contribution is -0.135. The topological polar surface area (TPSA) is 107 Å². The number of carbonyl (C=O) groups excluding carboxylic acids is 2. The molecule has 0 bridgehead atoms. The summed E-state index contributed by atoms with van der Waals surface area (Å²) in [5.41, 5.74) is 6.35. The number of fused-ring (bicyclic) bond motifs is 4. The van der Waals surface area contributed by atoms with E-state index in [1.807, 2.05) is 24.3 Å². The van der Waals surface area contributed by atoms with Gasteiger partial charge in [-0.3, -0.25) is 19.3 Å². The van der Waals surface area contributed by atoms with Crippen molar-refractivity contribution < 1.29 is 27.8 Å². The lowest BCUT2D eigenvalue weighted by Crippen LogP contribution is -2.66. The van der Waals surface area contributed by atoms with Crippen molar-refractivity contribution >= 4 is 23.6 Å². The molecule has 0 spiro atoms. The van der Waals surface area contributed by atoms with Gasteiger partial charge in [0.2, 0.25) is 11.2 Å². The monoisotopic (exact) mass is 554 g/mol. The number of halogens is 2. The normalized spacial score (nSPS) is 20.8. The van der Waals surface area contributed by atoms with E-state index in [0.717, 1.165) is 16.5 Å². The van der Waals surface area contributed by atoms with Gasteiger partial charge in [0.1, 0.15) is 12.2 Å². The molecule has 1 fully saturated rings. The molecule has 12 heteroatoms. The van der Waals surface area contributed by atoms with E-state index in [-0.39, 0.29) is 36.8 Å². The van der Waals surface area contributed by atoms with Gasteiger partial charge in [0.05, 0.1) is 19.3 Å². The van der Waals surface area contributed by atoms with Crippen molar-refractivity contribution in [2.75, 3.05) is 24.8 Å². The smallest absolute Gasteiger partial charge is 0.328 e. The Hall–Kier alpha value is -3.74. The molecule has 2 aromatic carbocycles. The molecule has 0 unspecified atom stereocenters. The van der Waals surface area contributed by atoms with Crippen molar-refractivity contribution in [3.63, 3.8) is 0 Å². The number of ether oxygens (including phenoxy) is 2. The highest BCUT2D eigenvalue weighted by molar-refractivity contribution is 7.98. The van der Waals surface area contributed by atoms with Crippen LogP contribution in [0.25, 0.3) is 0 Å². The number of nitrogens with two attached hydrogens (primary N) is 1. The maximum Gasteiger partial charge on any atom is 0.328 e. The average Bonchev–Trinajstić information content (AvgIpc) is 3.10. The third-order valence-corrected chi connectivity index (χ3v) is 8.22. The van der Waals surface area contributed by atoms with Crippen molar-refractivity contribution in [2.24, 2.45) is 5.73 Å². The molecule has 202 valence electrons. The number of carbonyl (C=O) groups is 2. The van der Waals surface area contributed by atoms with Crippen LogP contribution in [0, 0.1) is 11.6 Å². The van der Waals surface area contributed by atoms with Crippen LogP contribution < -0.4 is 20.9 Å². The molecular formula is C27H24F2N4O5S. The van der Waals surface area contributed by atoms with E-state index in [1.165, 1.54) is 35.6 Å². The summed E-state index contributed by atoms with van der Waals surface area (Å²) >= 11 is 1.38. The summed E-state index contributed by atoms with van der Waals surface area (Å²) in [5.74, 6) is -3.53. The SMILES string of the molecule is C[C@H](N)C(=O)Oc1c2n(ccc1=O)N([C@@H]1c3ccccc3SCc3c1ccc(F)c3F)[C@@H]1COCCN1C2=O. The molecule has 3 aliphatic heterocycles. The van der Waals surface area contributed by atoms with Crippen LogP contribution in [-0.2, 0) is 15.3 Å². The molecule has 0 aliphatic carbocycles. The summed E-state index contributed by atoms with van der Waals surface area (Å²) in [4.78, 5) is 41.6. The van der Waals surface area contributed by atoms with Gasteiger partial charge in [0, 0.05) is 35.0 Å².